The van der Waals surface area contributed by atoms with Crippen LogP contribution in [0.5, 0.6) is 0 Å². The van der Waals surface area contributed by atoms with E-state index in [0.717, 1.165) is 25.3 Å². The summed E-state index contributed by atoms with van der Waals surface area (Å²) in [4.78, 5) is 0. The molecule has 0 fully saturated rings. The Bertz CT molecular complexity index is 347. The molecule has 4 heteroatoms. The van der Waals surface area contributed by atoms with Crippen LogP contribution in [-0.2, 0) is 12.6 Å². The normalized spacial score (nSPS) is 13.7. The first-order chi connectivity index (χ1) is 7.93. The van der Waals surface area contributed by atoms with Crippen molar-refractivity contribution in [1.82, 2.24) is 0 Å². The Kier molecular flexibility index (Phi) is 5.00. The van der Waals surface area contributed by atoms with Gasteiger partial charge in [-0.3, -0.25) is 0 Å². The van der Waals surface area contributed by atoms with Gasteiger partial charge in [-0.1, -0.05) is 31.5 Å². The third-order valence-corrected chi connectivity index (χ3v) is 2.72. The van der Waals surface area contributed by atoms with Crippen molar-refractivity contribution in [1.29, 1.82) is 0 Å². The lowest BCUT2D eigenvalue weighted by Crippen LogP contribution is -2.20. The van der Waals surface area contributed by atoms with E-state index in [2.05, 4.69) is 0 Å². The highest BCUT2D eigenvalue weighted by Crippen LogP contribution is 2.29. The Hall–Kier alpha value is -1.03. The summed E-state index contributed by atoms with van der Waals surface area (Å²) in [6.45, 7) is 2.05. The molecule has 1 aromatic rings. The zero-order valence-corrected chi connectivity index (χ0v) is 9.93. The molecule has 0 aromatic heterocycles. The van der Waals surface area contributed by atoms with E-state index < -0.39 is 11.7 Å². The zero-order chi connectivity index (χ0) is 12.9. The van der Waals surface area contributed by atoms with Crippen LogP contribution in [-0.4, -0.2) is 6.04 Å². The lowest BCUT2D eigenvalue weighted by Gasteiger charge is -2.11. The van der Waals surface area contributed by atoms with Crippen LogP contribution in [0, 0.1) is 0 Å². The molecule has 0 aliphatic heterocycles. The molecule has 0 spiro atoms. The molecule has 1 atom stereocenters. The molecule has 0 saturated carbocycles. The molecule has 0 bridgehead atoms. The quantitative estimate of drug-likeness (QED) is 0.839. The topological polar surface area (TPSA) is 26.0 Å². The summed E-state index contributed by atoms with van der Waals surface area (Å²) < 4.78 is 37.4. The molecule has 0 heterocycles. The van der Waals surface area contributed by atoms with Gasteiger partial charge in [-0.15, -0.1) is 0 Å². The Balaban J connectivity index is 2.60. The highest BCUT2D eigenvalue weighted by Gasteiger charge is 2.30. The number of hydrogen-bond donors (Lipinski definition) is 1. The molecule has 0 radical (unpaired) electrons. The van der Waals surface area contributed by atoms with Crippen molar-refractivity contribution >= 4 is 0 Å². The van der Waals surface area contributed by atoms with Gasteiger partial charge in [0.25, 0.3) is 0 Å². The van der Waals surface area contributed by atoms with Crippen LogP contribution in [0.2, 0.25) is 0 Å². The van der Waals surface area contributed by atoms with Crippen LogP contribution in [0.1, 0.15) is 37.3 Å². The zero-order valence-electron chi connectivity index (χ0n) is 9.93. The Labute approximate surface area is 99.8 Å². The lowest BCUT2D eigenvalue weighted by atomic mass is 10.0. The maximum atomic E-state index is 12.5. The van der Waals surface area contributed by atoms with Gasteiger partial charge in [0.2, 0.25) is 0 Å². The fourth-order valence-electron chi connectivity index (χ4n) is 1.77. The lowest BCUT2D eigenvalue weighted by molar-refractivity contribution is -0.137. The van der Waals surface area contributed by atoms with Gasteiger partial charge >= 0.3 is 6.18 Å². The van der Waals surface area contributed by atoms with Crippen molar-refractivity contribution in [2.24, 2.45) is 5.73 Å². The van der Waals surface area contributed by atoms with Crippen LogP contribution in [0.3, 0.4) is 0 Å². The second-order valence-electron chi connectivity index (χ2n) is 4.29. The number of rotatable bonds is 5. The standard InChI is InChI=1S/C13H18F3N/c1-2-4-12(17)8-7-10-5-3-6-11(9-10)13(14,15)16/h3,5-6,9,12H,2,4,7-8,17H2,1H3. The third-order valence-electron chi connectivity index (χ3n) is 2.72. The van der Waals surface area contributed by atoms with E-state index in [4.69, 9.17) is 5.73 Å². The van der Waals surface area contributed by atoms with Gasteiger partial charge in [0.05, 0.1) is 5.56 Å². The van der Waals surface area contributed by atoms with Crippen molar-refractivity contribution in [2.75, 3.05) is 0 Å². The fraction of sp³-hybridized carbons (Fsp3) is 0.538. The molecule has 0 amide bonds. The van der Waals surface area contributed by atoms with Crippen LogP contribution < -0.4 is 5.73 Å². The predicted octanol–water partition coefficient (Wildman–Crippen LogP) is 3.77. The second kappa shape index (κ2) is 6.05. The SMILES string of the molecule is CCCC(N)CCc1cccc(C(F)(F)F)c1. The maximum Gasteiger partial charge on any atom is 0.416 e. The first-order valence-electron chi connectivity index (χ1n) is 5.85. The Morgan fingerprint density at radius 3 is 2.53 bits per heavy atom. The van der Waals surface area contributed by atoms with E-state index in [0.29, 0.717) is 12.0 Å². The number of alkyl halides is 3. The third kappa shape index (κ3) is 4.77. The van der Waals surface area contributed by atoms with Gasteiger partial charge in [-0.25, -0.2) is 0 Å². The average molecular weight is 245 g/mol. The number of halogens is 3. The van der Waals surface area contributed by atoms with Crippen LogP contribution in [0.15, 0.2) is 24.3 Å². The van der Waals surface area contributed by atoms with Crippen LogP contribution >= 0.6 is 0 Å². The van der Waals surface area contributed by atoms with Crippen molar-refractivity contribution in [3.63, 3.8) is 0 Å². The number of hydrogen-bond acceptors (Lipinski definition) is 1. The molecule has 2 N–H and O–H groups in total. The van der Waals surface area contributed by atoms with E-state index in [-0.39, 0.29) is 6.04 Å². The first kappa shape index (κ1) is 14.0. The summed E-state index contributed by atoms with van der Waals surface area (Å²) in [5.74, 6) is 0. The number of nitrogens with two attached hydrogens (primary N) is 1. The maximum absolute atomic E-state index is 12.5. The van der Waals surface area contributed by atoms with Crippen molar-refractivity contribution in [3.8, 4) is 0 Å². The summed E-state index contributed by atoms with van der Waals surface area (Å²) in [7, 11) is 0. The molecule has 1 nitrogen and oxygen atoms in total. The van der Waals surface area contributed by atoms with Gasteiger partial charge in [0.1, 0.15) is 0 Å². The number of benzene rings is 1. The van der Waals surface area contributed by atoms with Crippen molar-refractivity contribution in [2.45, 2.75) is 44.8 Å². The summed E-state index contributed by atoms with van der Waals surface area (Å²) in [6.07, 6.45) is -1.01. The van der Waals surface area contributed by atoms with Crippen LogP contribution in [0.4, 0.5) is 13.2 Å². The smallest absolute Gasteiger partial charge is 0.328 e. The molecular formula is C13H18F3N. The monoisotopic (exact) mass is 245 g/mol. The van der Waals surface area contributed by atoms with E-state index in [1.54, 1.807) is 6.07 Å². The van der Waals surface area contributed by atoms with Gasteiger partial charge < -0.3 is 5.73 Å². The predicted molar refractivity (Wildman–Crippen MR) is 62.6 cm³/mol. The molecule has 96 valence electrons. The Morgan fingerprint density at radius 2 is 1.94 bits per heavy atom. The van der Waals surface area contributed by atoms with Gasteiger partial charge in [0.15, 0.2) is 0 Å². The molecule has 0 saturated heterocycles. The van der Waals surface area contributed by atoms with Crippen LogP contribution in [0.25, 0.3) is 0 Å². The molecule has 0 aliphatic carbocycles. The molecule has 17 heavy (non-hydrogen) atoms. The molecule has 0 aliphatic rings. The molecule has 1 unspecified atom stereocenters. The molecule has 1 aromatic carbocycles. The van der Waals surface area contributed by atoms with E-state index >= 15 is 0 Å². The van der Waals surface area contributed by atoms with E-state index in [1.807, 2.05) is 6.92 Å². The molecule has 1 rings (SSSR count). The van der Waals surface area contributed by atoms with Gasteiger partial charge in [-0.05, 0) is 30.9 Å². The average Bonchev–Trinajstić information content (AvgIpc) is 2.26. The minimum atomic E-state index is -4.26. The minimum absolute atomic E-state index is 0.0783. The van der Waals surface area contributed by atoms with Gasteiger partial charge in [-0.2, -0.15) is 13.2 Å². The second-order valence-corrected chi connectivity index (χ2v) is 4.29. The van der Waals surface area contributed by atoms with E-state index in [9.17, 15) is 13.2 Å². The summed E-state index contributed by atoms with van der Waals surface area (Å²) in [5, 5.41) is 0. The van der Waals surface area contributed by atoms with Crippen molar-refractivity contribution in [3.05, 3.63) is 35.4 Å². The molecular weight excluding hydrogens is 227 g/mol. The summed E-state index contributed by atoms with van der Waals surface area (Å²) in [6, 6.07) is 5.54. The number of aryl methyl sites for hydroxylation is 1. The Morgan fingerprint density at radius 1 is 1.24 bits per heavy atom. The first-order valence-corrected chi connectivity index (χ1v) is 5.85. The highest BCUT2D eigenvalue weighted by atomic mass is 19.4. The van der Waals surface area contributed by atoms with Gasteiger partial charge in [0, 0.05) is 6.04 Å². The summed E-state index contributed by atoms with van der Waals surface area (Å²) in [5.41, 5.74) is 5.95. The minimum Gasteiger partial charge on any atom is -0.328 e. The highest BCUT2D eigenvalue weighted by molar-refractivity contribution is 5.25. The van der Waals surface area contributed by atoms with E-state index in [1.165, 1.54) is 12.1 Å². The largest absolute Gasteiger partial charge is 0.416 e. The fourth-order valence-corrected chi connectivity index (χ4v) is 1.77. The van der Waals surface area contributed by atoms with Crippen molar-refractivity contribution < 1.29 is 13.2 Å². The summed E-state index contributed by atoms with van der Waals surface area (Å²) >= 11 is 0.